The van der Waals surface area contributed by atoms with Gasteiger partial charge in [0.15, 0.2) is 5.96 Å². The van der Waals surface area contributed by atoms with E-state index in [0.717, 1.165) is 51.5 Å². The van der Waals surface area contributed by atoms with Gasteiger partial charge in [-0.25, -0.2) is 0 Å². The molecule has 0 radical (unpaired) electrons. The zero-order chi connectivity index (χ0) is 18.2. The van der Waals surface area contributed by atoms with Crippen molar-refractivity contribution < 1.29 is 9.47 Å². The standard InChI is InChI=1S/C20H30N4O2.HI/c1-3-21-19(24-15-20(25-2)9-12-26-13-10-20)22-11-8-16-14-23-18-7-5-4-6-17(16)18;/h4-7,14,23H,3,8-13,15H2,1-2H3,(H2,21,22,24);1H. The van der Waals surface area contributed by atoms with Crippen molar-refractivity contribution in [3.63, 3.8) is 0 Å². The third-order valence-electron chi connectivity index (χ3n) is 5.07. The summed E-state index contributed by atoms with van der Waals surface area (Å²) in [6.07, 6.45) is 4.82. The predicted octanol–water partition coefficient (Wildman–Crippen LogP) is 3.08. The molecule has 1 saturated heterocycles. The van der Waals surface area contributed by atoms with E-state index in [1.807, 2.05) is 0 Å². The number of fused-ring (bicyclic) bond motifs is 1. The Morgan fingerprint density at radius 1 is 1.26 bits per heavy atom. The third kappa shape index (κ3) is 5.83. The van der Waals surface area contributed by atoms with E-state index in [4.69, 9.17) is 14.5 Å². The topological polar surface area (TPSA) is 70.7 Å². The van der Waals surface area contributed by atoms with Gasteiger partial charge in [-0.1, -0.05) is 18.2 Å². The molecule has 0 spiro atoms. The summed E-state index contributed by atoms with van der Waals surface area (Å²) in [7, 11) is 1.78. The Bertz CT molecular complexity index is 726. The number of aromatic amines is 1. The monoisotopic (exact) mass is 486 g/mol. The van der Waals surface area contributed by atoms with Gasteiger partial charge < -0.3 is 25.1 Å². The molecule has 0 bridgehead atoms. The van der Waals surface area contributed by atoms with Gasteiger partial charge in [-0.2, -0.15) is 0 Å². The molecule has 0 saturated carbocycles. The number of hydrogen-bond acceptors (Lipinski definition) is 3. The number of nitrogens with one attached hydrogen (secondary N) is 3. The van der Waals surface area contributed by atoms with Gasteiger partial charge in [0.25, 0.3) is 0 Å². The molecule has 0 aliphatic carbocycles. The summed E-state index contributed by atoms with van der Waals surface area (Å²) >= 11 is 0. The van der Waals surface area contributed by atoms with Crippen molar-refractivity contribution in [2.24, 2.45) is 4.99 Å². The highest BCUT2D eigenvalue weighted by molar-refractivity contribution is 14.0. The summed E-state index contributed by atoms with van der Waals surface area (Å²) in [6.45, 7) is 5.88. The smallest absolute Gasteiger partial charge is 0.191 e. The Balaban J connectivity index is 0.00000261. The van der Waals surface area contributed by atoms with Crippen LogP contribution in [0, 0.1) is 0 Å². The van der Waals surface area contributed by atoms with Crippen LogP contribution in [0.1, 0.15) is 25.3 Å². The van der Waals surface area contributed by atoms with Crippen molar-refractivity contribution in [2.45, 2.75) is 31.8 Å². The molecule has 3 rings (SSSR count). The van der Waals surface area contributed by atoms with Crippen molar-refractivity contribution in [3.05, 3.63) is 36.0 Å². The maximum atomic E-state index is 5.77. The molecular formula is C20H31IN4O2. The highest BCUT2D eigenvalue weighted by atomic mass is 127. The van der Waals surface area contributed by atoms with Crippen LogP contribution in [-0.2, 0) is 15.9 Å². The van der Waals surface area contributed by atoms with Gasteiger partial charge in [-0.15, -0.1) is 24.0 Å². The first-order chi connectivity index (χ1) is 12.8. The maximum absolute atomic E-state index is 5.77. The summed E-state index contributed by atoms with van der Waals surface area (Å²) in [6, 6.07) is 8.40. The molecule has 6 nitrogen and oxygen atoms in total. The molecule has 2 heterocycles. The van der Waals surface area contributed by atoms with Gasteiger partial charge in [0.1, 0.15) is 0 Å². The number of methoxy groups -OCH3 is 1. The minimum atomic E-state index is -0.197. The molecular weight excluding hydrogens is 455 g/mol. The Morgan fingerprint density at radius 2 is 2.04 bits per heavy atom. The highest BCUT2D eigenvalue weighted by Gasteiger charge is 2.32. The lowest BCUT2D eigenvalue weighted by atomic mass is 9.94. The second kappa shape index (κ2) is 10.9. The lowest BCUT2D eigenvalue weighted by Crippen LogP contribution is -2.44. The largest absolute Gasteiger partial charge is 0.381 e. The molecule has 150 valence electrons. The average Bonchev–Trinajstić information content (AvgIpc) is 3.10. The Morgan fingerprint density at radius 3 is 2.78 bits per heavy atom. The number of para-hydroxylation sites is 1. The van der Waals surface area contributed by atoms with Crippen LogP contribution in [0.25, 0.3) is 10.9 Å². The van der Waals surface area contributed by atoms with Crippen LogP contribution in [0.5, 0.6) is 0 Å². The van der Waals surface area contributed by atoms with Crippen molar-refractivity contribution in [2.75, 3.05) is 40.0 Å². The highest BCUT2D eigenvalue weighted by Crippen LogP contribution is 2.24. The first kappa shape index (κ1) is 22.0. The number of H-pyrrole nitrogens is 1. The molecule has 1 aromatic carbocycles. The Kier molecular flexibility index (Phi) is 8.85. The second-order valence-corrected chi connectivity index (χ2v) is 6.73. The van der Waals surface area contributed by atoms with Crippen LogP contribution in [0.2, 0.25) is 0 Å². The number of nitrogens with zero attached hydrogens (tertiary/aromatic N) is 1. The fraction of sp³-hybridized carbons (Fsp3) is 0.550. The minimum absolute atomic E-state index is 0. The van der Waals surface area contributed by atoms with E-state index in [9.17, 15) is 0 Å². The zero-order valence-electron chi connectivity index (χ0n) is 16.2. The lowest BCUT2D eigenvalue weighted by Gasteiger charge is -2.34. The van der Waals surface area contributed by atoms with Gasteiger partial charge in [-0.05, 0) is 25.0 Å². The molecule has 7 heteroatoms. The molecule has 0 amide bonds. The van der Waals surface area contributed by atoms with E-state index < -0.39 is 0 Å². The molecule has 27 heavy (non-hydrogen) atoms. The summed E-state index contributed by atoms with van der Waals surface area (Å²) in [5.41, 5.74) is 2.31. The quantitative estimate of drug-likeness (QED) is 0.320. The van der Waals surface area contributed by atoms with Crippen molar-refractivity contribution in [1.82, 2.24) is 15.6 Å². The number of ether oxygens (including phenoxy) is 2. The van der Waals surface area contributed by atoms with E-state index in [1.165, 1.54) is 16.5 Å². The minimum Gasteiger partial charge on any atom is -0.381 e. The Labute approximate surface area is 178 Å². The first-order valence-corrected chi connectivity index (χ1v) is 9.46. The van der Waals surface area contributed by atoms with Gasteiger partial charge in [0.05, 0.1) is 12.1 Å². The average molecular weight is 486 g/mol. The molecule has 0 unspecified atom stereocenters. The van der Waals surface area contributed by atoms with Crippen LogP contribution in [0.3, 0.4) is 0 Å². The van der Waals surface area contributed by atoms with E-state index in [0.29, 0.717) is 6.54 Å². The number of aromatic nitrogens is 1. The number of rotatable bonds is 7. The van der Waals surface area contributed by atoms with Crippen LogP contribution >= 0.6 is 24.0 Å². The lowest BCUT2D eigenvalue weighted by molar-refractivity contribution is -0.0828. The van der Waals surface area contributed by atoms with Gasteiger partial charge in [0.2, 0.25) is 0 Å². The third-order valence-corrected chi connectivity index (χ3v) is 5.07. The van der Waals surface area contributed by atoms with E-state index in [2.05, 4.69) is 53.0 Å². The molecule has 1 aromatic heterocycles. The van der Waals surface area contributed by atoms with Crippen LogP contribution in [0.15, 0.2) is 35.5 Å². The summed E-state index contributed by atoms with van der Waals surface area (Å²) in [4.78, 5) is 8.10. The van der Waals surface area contributed by atoms with Gasteiger partial charge in [0, 0.05) is 63.4 Å². The number of aliphatic imine (C=N–C) groups is 1. The van der Waals surface area contributed by atoms with Gasteiger partial charge >= 0.3 is 0 Å². The van der Waals surface area contributed by atoms with Gasteiger partial charge in [-0.3, -0.25) is 4.99 Å². The number of guanidine groups is 1. The van der Waals surface area contributed by atoms with E-state index >= 15 is 0 Å². The summed E-state index contributed by atoms with van der Waals surface area (Å²) < 4.78 is 11.2. The fourth-order valence-corrected chi connectivity index (χ4v) is 3.39. The number of halogens is 1. The molecule has 1 fully saturated rings. The van der Waals surface area contributed by atoms with Crippen molar-refractivity contribution in [3.8, 4) is 0 Å². The molecule has 3 N–H and O–H groups in total. The number of hydrogen-bond donors (Lipinski definition) is 3. The molecule has 2 aromatic rings. The van der Waals surface area contributed by atoms with Crippen LogP contribution in [0.4, 0.5) is 0 Å². The molecule has 0 atom stereocenters. The van der Waals surface area contributed by atoms with Crippen LogP contribution in [-0.4, -0.2) is 56.5 Å². The second-order valence-electron chi connectivity index (χ2n) is 6.73. The summed E-state index contributed by atoms with van der Waals surface area (Å²) in [5.74, 6) is 0.843. The van der Waals surface area contributed by atoms with E-state index in [1.54, 1.807) is 7.11 Å². The first-order valence-electron chi connectivity index (χ1n) is 9.46. The van der Waals surface area contributed by atoms with Crippen molar-refractivity contribution >= 4 is 40.8 Å². The predicted molar refractivity (Wildman–Crippen MR) is 121 cm³/mol. The van der Waals surface area contributed by atoms with Crippen molar-refractivity contribution in [1.29, 1.82) is 0 Å². The number of benzene rings is 1. The fourth-order valence-electron chi connectivity index (χ4n) is 3.39. The zero-order valence-corrected chi connectivity index (χ0v) is 18.5. The molecule has 1 aliphatic heterocycles. The SMILES string of the molecule is CCNC(=NCC1(OC)CCOCC1)NCCc1c[nH]c2ccccc12.I. The maximum Gasteiger partial charge on any atom is 0.191 e. The Hall–Kier alpha value is -1.32. The van der Waals surface area contributed by atoms with E-state index in [-0.39, 0.29) is 29.6 Å². The van der Waals surface area contributed by atoms with Crippen LogP contribution < -0.4 is 10.6 Å². The molecule has 1 aliphatic rings. The normalized spacial score (nSPS) is 16.7. The summed E-state index contributed by atoms with van der Waals surface area (Å²) in [5, 5.41) is 8.06.